The lowest BCUT2D eigenvalue weighted by atomic mass is 10.2. The van der Waals surface area contributed by atoms with Gasteiger partial charge in [0.1, 0.15) is 5.69 Å². The van der Waals surface area contributed by atoms with E-state index in [4.69, 9.17) is 22.7 Å². The fourth-order valence-corrected chi connectivity index (χ4v) is 1.87. The van der Waals surface area contributed by atoms with Gasteiger partial charge in [0.2, 0.25) is 0 Å². The minimum atomic E-state index is -0.127. The number of carbonyl (C=O) groups is 1. The van der Waals surface area contributed by atoms with Crippen molar-refractivity contribution in [2.45, 2.75) is 6.42 Å². The Morgan fingerprint density at radius 1 is 1.43 bits per heavy atom. The van der Waals surface area contributed by atoms with Crippen molar-refractivity contribution in [3.8, 4) is 0 Å². The molecule has 1 amide bonds. The van der Waals surface area contributed by atoms with Gasteiger partial charge in [0.05, 0.1) is 11.6 Å². The maximum absolute atomic E-state index is 12.0. The summed E-state index contributed by atoms with van der Waals surface area (Å²) in [6.07, 6.45) is 2.24. The van der Waals surface area contributed by atoms with Gasteiger partial charge in [-0.15, -0.1) is 0 Å². The fourth-order valence-electron chi connectivity index (χ4n) is 1.78. The van der Waals surface area contributed by atoms with Crippen molar-refractivity contribution >= 4 is 28.8 Å². The monoisotopic (exact) mass is 310 g/mol. The van der Waals surface area contributed by atoms with Gasteiger partial charge in [-0.3, -0.25) is 9.78 Å². The van der Waals surface area contributed by atoms with E-state index in [-0.39, 0.29) is 5.91 Å². The van der Waals surface area contributed by atoms with Crippen molar-refractivity contribution < 1.29 is 9.53 Å². The number of hydrogen-bond acceptors (Lipinski definition) is 5. The van der Waals surface area contributed by atoms with Crippen molar-refractivity contribution in [3.63, 3.8) is 0 Å². The van der Waals surface area contributed by atoms with Crippen LogP contribution in [0.1, 0.15) is 16.9 Å². The number of carbonyl (C=O) groups excluding carboxylic acids is 1. The summed E-state index contributed by atoms with van der Waals surface area (Å²) in [4.78, 5) is 20.1. The average Bonchev–Trinajstić information content (AvgIpc) is 2.46. The van der Waals surface area contributed by atoms with Crippen LogP contribution in [0.3, 0.4) is 0 Å². The van der Waals surface area contributed by atoms with E-state index in [0.717, 1.165) is 5.69 Å². The number of aromatic nitrogens is 1. The highest BCUT2D eigenvalue weighted by Crippen LogP contribution is 2.15. The van der Waals surface area contributed by atoms with Crippen molar-refractivity contribution in [3.05, 3.63) is 24.0 Å². The Balaban J connectivity index is 2.92. The molecule has 1 heterocycles. The Bertz CT molecular complexity index is 494. The highest BCUT2D eigenvalue weighted by atomic mass is 32.1. The predicted octanol–water partition coefficient (Wildman–Crippen LogP) is 0.912. The molecule has 0 fully saturated rings. The second kappa shape index (κ2) is 8.53. The molecule has 2 N–H and O–H groups in total. The lowest BCUT2D eigenvalue weighted by Gasteiger charge is -2.24. The molecule has 0 aliphatic carbocycles. The summed E-state index contributed by atoms with van der Waals surface area (Å²) in [5.74, 6) is -0.127. The van der Waals surface area contributed by atoms with Crippen LogP contribution in [0.4, 0.5) is 5.69 Å². The first kappa shape index (κ1) is 17.3. The van der Waals surface area contributed by atoms with Crippen molar-refractivity contribution in [2.75, 3.05) is 45.8 Å². The number of nitrogens with two attached hydrogens (primary N) is 1. The minimum Gasteiger partial charge on any atom is -0.393 e. The highest BCUT2D eigenvalue weighted by molar-refractivity contribution is 7.80. The predicted molar refractivity (Wildman–Crippen MR) is 87.7 cm³/mol. The molecule has 116 valence electrons. The molecule has 0 spiro atoms. The summed E-state index contributed by atoms with van der Waals surface area (Å²) >= 11 is 4.92. The quantitative estimate of drug-likeness (QED) is 0.720. The van der Waals surface area contributed by atoms with Crippen LogP contribution in [0.5, 0.6) is 0 Å². The van der Waals surface area contributed by atoms with E-state index in [1.807, 2.05) is 6.07 Å². The molecule has 21 heavy (non-hydrogen) atoms. The Morgan fingerprint density at radius 2 is 2.14 bits per heavy atom. The topological polar surface area (TPSA) is 71.7 Å². The average molecular weight is 310 g/mol. The minimum absolute atomic E-state index is 0.127. The number of anilines is 1. The smallest absolute Gasteiger partial charge is 0.272 e. The largest absolute Gasteiger partial charge is 0.393 e. The van der Waals surface area contributed by atoms with E-state index in [9.17, 15) is 4.79 Å². The molecule has 0 aromatic carbocycles. The van der Waals surface area contributed by atoms with Gasteiger partial charge in [-0.2, -0.15) is 0 Å². The van der Waals surface area contributed by atoms with Gasteiger partial charge < -0.3 is 20.3 Å². The number of methoxy groups -OCH3 is 1. The van der Waals surface area contributed by atoms with Crippen LogP contribution >= 0.6 is 12.2 Å². The maximum atomic E-state index is 12.0. The van der Waals surface area contributed by atoms with Gasteiger partial charge in [0, 0.05) is 52.6 Å². The second-order valence-electron chi connectivity index (χ2n) is 4.80. The van der Waals surface area contributed by atoms with Crippen LogP contribution in [-0.2, 0) is 4.74 Å². The number of hydrogen-bond donors (Lipinski definition) is 1. The van der Waals surface area contributed by atoms with E-state index < -0.39 is 0 Å². The Labute approximate surface area is 130 Å². The number of ether oxygens (including phenoxy) is 1. The maximum Gasteiger partial charge on any atom is 0.272 e. The number of pyridine rings is 1. The van der Waals surface area contributed by atoms with Crippen LogP contribution in [0.25, 0.3) is 0 Å². The molecule has 0 bridgehead atoms. The van der Waals surface area contributed by atoms with Crippen LogP contribution in [-0.4, -0.2) is 61.7 Å². The number of amides is 1. The molecule has 0 saturated heterocycles. The first-order valence-corrected chi connectivity index (χ1v) is 7.06. The Kier molecular flexibility index (Phi) is 7.04. The lowest BCUT2D eigenvalue weighted by Crippen LogP contribution is -2.31. The van der Waals surface area contributed by atoms with Crippen LogP contribution in [0.2, 0.25) is 0 Å². The molecular weight excluding hydrogens is 288 g/mol. The normalized spacial score (nSPS) is 10.2. The molecule has 0 aliphatic rings. The molecule has 1 rings (SSSR count). The molecule has 6 nitrogen and oxygen atoms in total. The Morgan fingerprint density at radius 3 is 2.71 bits per heavy atom. The molecule has 0 unspecified atom stereocenters. The zero-order valence-electron chi connectivity index (χ0n) is 12.7. The second-order valence-corrected chi connectivity index (χ2v) is 5.32. The summed E-state index contributed by atoms with van der Waals surface area (Å²) in [7, 11) is 5.05. The fraction of sp³-hybridized carbons (Fsp3) is 0.500. The van der Waals surface area contributed by atoms with E-state index in [0.29, 0.717) is 36.8 Å². The van der Waals surface area contributed by atoms with E-state index in [1.165, 1.54) is 4.90 Å². The summed E-state index contributed by atoms with van der Waals surface area (Å²) in [6.45, 7) is 1.95. The third-order valence-electron chi connectivity index (χ3n) is 2.93. The van der Waals surface area contributed by atoms with Crippen LogP contribution < -0.4 is 10.6 Å². The summed E-state index contributed by atoms with van der Waals surface area (Å²) in [6, 6.07) is 3.64. The molecule has 0 atom stereocenters. The van der Waals surface area contributed by atoms with E-state index >= 15 is 0 Å². The first-order valence-electron chi connectivity index (χ1n) is 6.65. The van der Waals surface area contributed by atoms with Crippen LogP contribution in [0, 0.1) is 0 Å². The molecule has 0 aliphatic heterocycles. The summed E-state index contributed by atoms with van der Waals surface area (Å²) in [5.41, 5.74) is 6.88. The van der Waals surface area contributed by atoms with E-state index in [2.05, 4.69) is 9.88 Å². The molecule has 0 radical (unpaired) electrons. The number of rotatable bonds is 8. The number of thiocarbonyl (C=S) groups is 1. The van der Waals surface area contributed by atoms with Gasteiger partial charge in [-0.1, -0.05) is 12.2 Å². The van der Waals surface area contributed by atoms with Gasteiger partial charge in [-0.25, -0.2) is 0 Å². The van der Waals surface area contributed by atoms with Crippen LogP contribution in [0.15, 0.2) is 18.3 Å². The number of nitrogens with zero attached hydrogens (tertiary/aromatic N) is 3. The van der Waals surface area contributed by atoms with Gasteiger partial charge in [0.25, 0.3) is 5.91 Å². The first-order chi connectivity index (χ1) is 9.95. The molecule has 7 heteroatoms. The molecule has 1 aromatic rings. The van der Waals surface area contributed by atoms with Gasteiger partial charge in [0.15, 0.2) is 0 Å². The zero-order chi connectivity index (χ0) is 15.8. The third kappa shape index (κ3) is 5.65. The SMILES string of the molecule is COCCN(CCC(N)=S)c1ccnc(C(=O)N(C)C)c1. The van der Waals surface area contributed by atoms with Gasteiger partial charge >= 0.3 is 0 Å². The van der Waals surface area contributed by atoms with Gasteiger partial charge in [-0.05, 0) is 12.1 Å². The molecule has 1 aromatic heterocycles. The van der Waals surface area contributed by atoms with Crippen molar-refractivity contribution in [1.82, 2.24) is 9.88 Å². The zero-order valence-corrected chi connectivity index (χ0v) is 13.5. The third-order valence-corrected chi connectivity index (χ3v) is 3.13. The van der Waals surface area contributed by atoms with Crippen molar-refractivity contribution in [1.29, 1.82) is 0 Å². The Hall–Kier alpha value is -1.73. The standard InChI is InChI=1S/C14H22N4O2S/c1-17(2)14(19)12-10-11(4-6-16-12)18(8-9-20-3)7-5-13(15)21/h4,6,10H,5,7-9H2,1-3H3,(H2,15,21). The summed E-state index contributed by atoms with van der Waals surface area (Å²) < 4.78 is 5.12. The lowest BCUT2D eigenvalue weighted by molar-refractivity contribution is 0.0822. The van der Waals surface area contributed by atoms with E-state index in [1.54, 1.807) is 33.5 Å². The highest BCUT2D eigenvalue weighted by Gasteiger charge is 2.13. The molecular formula is C14H22N4O2S. The van der Waals surface area contributed by atoms with Crippen molar-refractivity contribution in [2.24, 2.45) is 5.73 Å². The summed E-state index contributed by atoms with van der Waals surface area (Å²) in [5, 5.41) is 0. The molecule has 0 saturated carbocycles.